The lowest BCUT2D eigenvalue weighted by atomic mass is 10.0. The number of alkyl halides is 1. The normalized spacial score (nSPS) is 12.3. The topological polar surface area (TPSA) is 9.23 Å². The second-order valence-corrected chi connectivity index (χ2v) is 5.80. The van der Waals surface area contributed by atoms with Crippen LogP contribution in [0.4, 0.5) is 13.2 Å². The molecule has 0 aromatic heterocycles. The van der Waals surface area contributed by atoms with Crippen LogP contribution in [0.15, 0.2) is 34.8 Å². The first-order valence-corrected chi connectivity index (χ1v) is 7.27. The molecule has 2 rings (SSSR count). The van der Waals surface area contributed by atoms with Crippen LogP contribution in [0.5, 0.6) is 5.75 Å². The Balaban J connectivity index is 2.53. The molecule has 0 aliphatic rings. The quantitative estimate of drug-likeness (QED) is 0.620. The van der Waals surface area contributed by atoms with Crippen molar-refractivity contribution in [2.75, 3.05) is 7.11 Å². The Morgan fingerprint density at radius 2 is 1.65 bits per heavy atom. The maximum atomic E-state index is 14.0. The first-order valence-electron chi connectivity index (χ1n) is 5.56. The second-order valence-electron chi connectivity index (χ2n) is 4.03. The van der Waals surface area contributed by atoms with Crippen LogP contribution in [0.3, 0.4) is 0 Å². The highest BCUT2D eigenvalue weighted by Gasteiger charge is 2.23. The standard InChI is InChI=1S/C14H9Br2F3O/c1-20-8-5-11(18)13(12(19)6-8)14(16)9-4-7(17)2-3-10(9)15/h2-6,14H,1H3. The monoisotopic (exact) mass is 408 g/mol. The van der Waals surface area contributed by atoms with Gasteiger partial charge in [0.05, 0.1) is 11.9 Å². The van der Waals surface area contributed by atoms with Crippen LogP contribution in [-0.4, -0.2) is 7.11 Å². The van der Waals surface area contributed by atoms with Crippen LogP contribution >= 0.6 is 31.9 Å². The first kappa shape index (κ1) is 15.4. The van der Waals surface area contributed by atoms with Gasteiger partial charge in [-0.1, -0.05) is 31.9 Å². The third kappa shape index (κ3) is 3.01. The molecule has 2 aromatic carbocycles. The molecule has 2 aromatic rings. The van der Waals surface area contributed by atoms with Crippen molar-refractivity contribution >= 4 is 31.9 Å². The summed E-state index contributed by atoms with van der Waals surface area (Å²) in [5, 5.41) is 0. The molecule has 106 valence electrons. The van der Waals surface area contributed by atoms with E-state index in [0.29, 0.717) is 10.0 Å². The van der Waals surface area contributed by atoms with E-state index in [1.807, 2.05) is 0 Å². The molecule has 20 heavy (non-hydrogen) atoms. The third-order valence-corrected chi connectivity index (χ3v) is 4.45. The number of hydrogen-bond donors (Lipinski definition) is 0. The number of benzene rings is 2. The van der Waals surface area contributed by atoms with Gasteiger partial charge in [-0.2, -0.15) is 0 Å². The number of ether oxygens (including phenoxy) is 1. The summed E-state index contributed by atoms with van der Waals surface area (Å²) in [5.74, 6) is -1.93. The second kappa shape index (κ2) is 6.18. The van der Waals surface area contributed by atoms with Crippen LogP contribution in [0.1, 0.15) is 16.0 Å². The fourth-order valence-corrected chi connectivity index (χ4v) is 3.38. The largest absolute Gasteiger partial charge is 0.497 e. The molecule has 6 heteroatoms. The molecule has 1 nitrogen and oxygen atoms in total. The Morgan fingerprint density at radius 1 is 1.05 bits per heavy atom. The molecule has 0 bridgehead atoms. The smallest absolute Gasteiger partial charge is 0.134 e. The van der Waals surface area contributed by atoms with Gasteiger partial charge in [-0.25, -0.2) is 13.2 Å². The highest BCUT2D eigenvalue weighted by atomic mass is 79.9. The summed E-state index contributed by atoms with van der Waals surface area (Å²) in [7, 11) is 1.32. The zero-order chi connectivity index (χ0) is 14.9. The Bertz CT molecular complexity index is 623. The molecule has 0 heterocycles. The van der Waals surface area contributed by atoms with Gasteiger partial charge in [0.25, 0.3) is 0 Å². The van der Waals surface area contributed by atoms with E-state index in [2.05, 4.69) is 31.9 Å². The average Bonchev–Trinajstić information content (AvgIpc) is 2.40. The number of methoxy groups -OCH3 is 1. The molecular weight excluding hydrogens is 401 g/mol. The summed E-state index contributed by atoms with van der Waals surface area (Å²) in [6.45, 7) is 0. The molecule has 0 aliphatic heterocycles. The molecule has 0 N–H and O–H groups in total. The minimum Gasteiger partial charge on any atom is -0.497 e. The molecule has 0 radical (unpaired) electrons. The fourth-order valence-electron chi connectivity index (χ4n) is 1.79. The number of hydrogen-bond acceptors (Lipinski definition) is 1. The van der Waals surface area contributed by atoms with E-state index >= 15 is 0 Å². The van der Waals surface area contributed by atoms with E-state index in [1.165, 1.54) is 25.3 Å². The van der Waals surface area contributed by atoms with Crippen molar-refractivity contribution in [3.8, 4) is 5.75 Å². The van der Waals surface area contributed by atoms with Crippen LogP contribution in [0.2, 0.25) is 0 Å². The third-order valence-electron chi connectivity index (χ3n) is 2.77. The zero-order valence-corrected chi connectivity index (χ0v) is 13.4. The summed E-state index contributed by atoms with van der Waals surface area (Å²) in [6, 6.07) is 6.12. The van der Waals surface area contributed by atoms with Crippen LogP contribution in [-0.2, 0) is 0 Å². The highest BCUT2D eigenvalue weighted by Crippen LogP contribution is 2.39. The van der Waals surface area contributed by atoms with Gasteiger partial charge in [0.15, 0.2) is 0 Å². The zero-order valence-electron chi connectivity index (χ0n) is 10.3. The maximum absolute atomic E-state index is 14.0. The molecule has 0 saturated heterocycles. The van der Waals surface area contributed by atoms with Gasteiger partial charge in [0.1, 0.15) is 23.2 Å². The molecule has 1 atom stereocenters. The lowest BCUT2D eigenvalue weighted by Gasteiger charge is -2.15. The lowest BCUT2D eigenvalue weighted by molar-refractivity contribution is 0.405. The summed E-state index contributed by atoms with van der Waals surface area (Å²) in [5.41, 5.74) is 0.199. The van der Waals surface area contributed by atoms with Gasteiger partial charge < -0.3 is 4.74 Å². The van der Waals surface area contributed by atoms with Crippen molar-refractivity contribution in [2.45, 2.75) is 4.83 Å². The van der Waals surface area contributed by atoms with E-state index in [4.69, 9.17) is 4.74 Å². The van der Waals surface area contributed by atoms with Crippen LogP contribution < -0.4 is 4.74 Å². The number of halogens is 5. The summed E-state index contributed by atoms with van der Waals surface area (Å²) >= 11 is 6.45. The van der Waals surface area contributed by atoms with Gasteiger partial charge in [0, 0.05) is 22.2 Å². The Morgan fingerprint density at radius 3 is 2.20 bits per heavy atom. The SMILES string of the molecule is COc1cc(F)c(C(Br)c2cc(F)ccc2Br)c(F)c1. The molecule has 0 aliphatic carbocycles. The first-order chi connectivity index (χ1) is 9.43. The lowest BCUT2D eigenvalue weighted by Crippen LogP contribution is -2.03. The van der Waals surface area contributed by atoms with E-state index in [-0.39, 0.29) is 11.3 Å². The number of rotatable bonds is 3. The van der Waals surface area contributed by atoms with Gasteiger partial charge in [-0.3, -0.25) is 0 Å². The summed E-state index contributed by atoms with van der Waals surface area (Å²) in [6.07, 6.45) is 0. The van der Waals surface area contributed by atoms with Gasteiger partial charge in [-0.05, 0) is 23.8 Å². The van der Waals surface area contributed by atoms with Gasteiger partial charge in [-0.15, -0.1) is 0 Å². The minimum absolute atomic E-state index is 0.0850. The Labute approximate surface area is 131 Å². The van der Waals surface area contributed by atoms with E-state index < -0.39 is 22.3 Å². The highest BCUT2D eigenvalue weighted by molar-refractivity contribution is 9.11. The predicted molar refractivity (Wildman–Crippen MR) is 77.8 cm³/mol. The average molecular weight is 410 g/mol. The Hall–Kier alpha value is -1.01. The van der Waals surface area contributed by atoms with E-state index in [0.717, 1.165) is 12.1 Å². The van der Waals surface area contributed by atoms with Crippen molar-refractivity contribution < 1.29 is 17.9 Å². The van der Waals surface area contributed by atoms with Crippen molar-refractivity contribution in [1.29, 1.82) is 0 Å². The minimum atomic E-state index is -0.821. The van der Waals surface area contributed by atoms with Crippen molar-refractivity contribution in [2.24, 2.45) is 0 Å². The Kier molecular flexibility index (Phi) is 4.75. The van der Waals surface area contributed by atoms with Gasteiger partial charge >= 0.3 is 0 Å². The molecular formula is C14H9Br2F3O. The molecule has 0 fully saturated rings. The van der Waals surface area contributed by atoms with E-state index in [9.17, 15) is 13.2 Å². The molecule has 0 saturated carbocycles. The summed E-state index contributed by atoms with van der Waals surface area (Å²) < 4.78 is 46.7. The van der Waals surface area contributed by atoms with Crippen molar-refractivity contribution in [3.63, 3.8) is 0 Å². The van der Waals surface area contributed by atoms with Crippen LogP contribution in [0, 0.1) is 17.5 Å². The van der Waals surface area contributed by atoms with Crippen LogP contribution in [0.25, 0.3) is 0 Å². The van der Waals surface area contributed by atoms with Crippen molar-refractivity contribution in [1.82, 2.24) is 0 Å². The molecule has 0 amide bonds. The van der Waals surface area contributed by atoms with Gasteiger partial charge in [0.2, 0.25) is 0 Å². The fraction of sp³-hybridized carbons (Fsp3) is 0.143. The molecule has 1 unspecified atom stereocenters. The van der Waals surface area contributed by atoms with Crippen molar-refractivity contribution in [3.05, 3.63) is 63.4 Å². The summed E-state index contributed by atoms with van der Waals surface area (Å²) in [4.78, 5) is -0.821. The maximum Gasteiger partial charge on any atom is 0.134 e. The van der Waals surface area contributed by atoms with E-state index in [1.54, 1.807) is 0 Å². The molecule has 0 spiro atoms. The predicted octanol–water partition coefficient (Wildman–Crippen LogP) is 5.36.